The van der Waals surface area contributed by atoms with Crippen molar-refractivity contribution in [3.8, 4) is 5.75 Å². The van der Waals surface area contributed by atoms with Gasteiger partial charge >= 0.3 is 5.97 Å². The van der Waals surface area contributed by atoms with Gasteiger partial charge in [-0.25, -0.2) is 0 Å². The lowest BCUT2D eigenvalue weighted by Crippen LogP contribution is -2.59. The molecule has 0 aliphatic heterocycles. The summed E-state index contributed by atoms with van der Waals surface area (Å²) in [7, 11) is 5.91. The Bertz CT molecular complexity index is 2030. The average molecular weight is 1000 g/mol. The second-order valence-electron chi connectivity index (χ2n) is 19.5. The molecule has 0 fully saturated rings. The predicted molar refractivity (Wildman–Crippen MR) is 268 cm³/mol. The van der Waals surface area contributed by atoms with Gasteiger partial charge in [0.2, 0.25) is 35.4 Å². The molecule has 1 aromatic carbocycles. The van der Waals surface area contributed by atoms with Crippen molar-refractivity contribution in [3.05, 3.63) is 29.8 Å². The van der Waals surface area contributed by atoms with Crippen molar-refractivity contribution in [2.75, 3.05) is 41.3 Å². The third-order valence-corrected chi connectivity index (χ3v) is 13.5. The molecule has 0 saturated carbocycles. The summed E-state index contributed by atoms with van der Waals surface area (Å²) < 4.78 is 11.0. The Morgan fingerprint density at radius 3 is 1.70 bits per heavy atom. The lowest BCUT2D eigenvalue weighted by atomic mass is 9.83. The van der Waals surface area contributed by atoms with Crippen LogP contribution in [0.15, 0.2) is 24.3 Å². The van der Waals surface area contributed by atoms with E-state index in [1.165, 1.54) is 84.5 Å². The van der Waals surface area contributed by atoms with E-state index < -0.39 is 119 Å². The van der Waals surface area contributed by atoms with Crippen LogP contribution in [0, 0.1) is 29.1 Å². The third-order valence-electron chi connectivity index (χ3n) is 13.5. The van der Waals surface area contributed by atoms with Gasteiger partial charge in [-0.3, -0.25) is 47.9 Å². The molecule has 10 atom stereocenters. The molecule has 0 bridgehead atoms. The number of nitrogens with zero attached hydrogens (tertiary/aromatic N) is 3. The molecule has 0 radical (unpaired) electrons. The Labute approximate surface area is 421 Å². The average Bonchev–Trinajstić information content (AvgIpc) is 3.33. The number of likely N-dealkylation sites (N-methyl/N-ethyl adjacent to an activating group) is 3. The van der Waals surface area contributed by atoms with Crippen molar-refractivity contribution in [2.24, 2.45) is 34.8 Å². The Kier molecular flexibility index (Phi) is 25.6. The minimum atomic E-state index is -1.79. The molecule has 0 spiro atoms. The van der Waals surface area contributed by atoms with Crippen molar-refractivity contribution < 1.29 is 57.4 Å². The number of carbonyl (C=O) groups is 10. The number of amides is 7. The molecule has 20 nitrogen and oxygen atoms in total. The van der Waals surface area contributed by atoms with Gasteiger partial charge in [0.25, 0.3) is 5.91 Å². The van der Waals surface area contributed by atoms with E-state index in [9.17, 15) is 47.9 Å². The zero-order chi connectivity index (χ0) is 54.8. The van der Waals surface area contributed by atoms with Crippen LogP contribution in [0.3, 0.4) is 0 Å². The van der Waals surface area contributed by atoms with Crippen molar-refractivity contribution in [1.29, 1.82) is 0 Å². The van der Waals surface area contributed by atoms with Crippen molar-refractivity contribution >= 4 is 58.9 Å². The van der Waals surface area contributed by atoms with Crippen molar-refractivity contribution in [1.82, 2.24) is 36.0 Å². The molecule has 1 rings (SSSR count). The highest BCUT2D eigenvalue weighted by molar-refractivity contribution is 6.09. The number of nitrogens with one attached hydrogen (secondary N) is 4. The van der Waals surface area contributed by atoms with Crippen LogP contribution in [0.25, 0.3) is 0 Å². The lowest BCUT2D eigenvalue weighted by Gasteiger charge is -2.36. The first kappa shape index (κ1) is 63.1. The first-order chi connectivity index (χ1) is 33.0. The molecular weight excluding hydrogens is 917 g/mol. The van der Waals surface area contributed by atoms with Gasteiger partial charge < -0.3 is 51.2 Å². The monoisotopic (exact) mass is 1000 g/mol. The van der Waals surface area contributed by atoms with E-state index >= 15 is 0 Å². The Morgan fingerprint density at radius 1 is 0.676 bits per heavy atom. The summed E-state index contributed by atoms with van der Waals surface area (Å²) in [5.41, 5.74) is 4.47. The van der Waals surface area contributed by atoms with Crippen LogP contribution < -0.4 is 31.7 Å². The smallest absolute Gasteiger partial charge is 0.311 e. The van der Waals surface area contributed by atoms with Gasteiger partial charge in [0.15, 0.2) is 17.7 Å². The summed E-state index contributed by atoms with van der Waals surface area (Å²) in [6.45, 7) is 20.2. The largest absolute Gasteiger partial charge is 0.497 e. The number of hydrogen-bond acceptors (Lipinski definition) is 13. The number of ether oxygens (including phenoxy) is 2. The van der Waals surface area contributed by atoms with E-state index in [0.717, 1.165) is 0 Å². The van der Waals surface area contributed by atoms with Gasteiger partial charge in [-0.05, 0) is 83.9 Å². The van der Waals surface area contributed by atoms with Crippen LogP contribution in [-0.2, 0) is 59.1 Å². The topological polar surface area (TPSA) is 273 Å². The van der Waals surface area contributed by atoms with E-state index in [0.29, 0.717) is 24.2 Å². The summed E-state index contributed by atoms with van der Waals surface area (Å²) in [6, 6.07) is 0.776. The Hall–Kier alpha value is -5.92. The number of nitrogens with two attached hydrogens (primary N) is 1. The summed E-state index contributed by atoms with van der Waals surface area (Å²) in [5, 5.41) is 10.6. The SMILES string of the molecule is CCC(C)C(OC(=O)C(C)C(CC)NC(=O)C(C)NC(=O)C(C)(C)C(=O)C(C)NC(=O)C(Cc1ccc(OC)cc1)N(C)C(=O)C(C(C)C)N(C)C(=O)CN)C(=O)NCC(=O)N(C)C(C(C)=O)C(C)CC. The van der Waals surface area contributed by atoms with Crippen molar-refractivity contribution in [2.45, 2.75) is 158 Å². The maximum Gasteiger partial charge on any atom is 0.311 e. The minimum absolute atomic E-state index is 0.0149. The number of carbonyl (C=O) groups excluding carboxylic acids is 10. The zero-order valence-electron chi connectivity index (χ0n) is 45.2. The van der Waals surface area contributed by atoms with Gasteiger partial charge in [-0.2, -0.15) is 0 Å². The van der Waals surface area contributed by atoms with Crippen LogP contribution in [0.1, 0.15) is 115 Å². The van der Waals surface area contributed by atoms with E-state index in [1.807, 2.05) is 20.8 Å². The van der Waals surface area contributed by atoms with E-state index in [-0.39, 0.29) is 37.0 Å². The Balaban J connectivity index is 3.18. The molecular formula is C51H84N8O12. The molecule has 10 unspecified atom stereocenters. The maximum absolute atomic E-state index is 14.2. The number of benzene rings is 1. The number of rotatable bonds is 29. The van der Waals surface area contributed by atoms with Gasteiger partial charge in [0.05, 0.1) is 38.2 Å². The molecule has 0 heterocycles. The molecule has 6 N–H and O–H groups in total. The van der Waals surface area contributed by atoms with Crippen LogP contribution in [-0.4, -0.2) is 157 Å². The maximum atomic E-state index is 14.2. The Morgan fingerprint density at radius 2 is 1.23 bits per heavy atom. The quantitative estimate of drug-likeness (QED) is 0.0570. The van der Waals surface area contributed by atoms with E-state index in [1.54, 1.807) is 52.0 Å². The molecule has 0 aliphatic carbocycles. The molecule has 7 amide bonds. The minimum Gasteiger partial charge on any atom is -0.497 e. The molecule has 0 aliphatic rings. The first-order valence-electron chi connectivity index (χ1n) is 24.5. The predicted octanol–water partition coefficient (Wildman–Crippen LogP) is 2.18. The highest BCUT2D eigenvalue weighted by Crippen LogP contribution is 2.23. The number of esters is 1. The van der Waals surface area contributed by atoms with Gasteiger partial charge in [-0.15, -0.1) is 0 Å². The molecule has 20 heteroatoms. The van der Waals surface area contributed by atoms with Gasteiger partial charge in [-0.1, -0.05) is 67.0 Å². The fourth-order valence-corrected chi connectivity index (χ4v) is 8.17. The van der Waals surface area contributed by atoms with Gasteiger partial charge in [0.1, 0.15) is 29.3 Å². The summed E-state index contributed by atoms with van der Waals surface area (Å²) in [6.07, 6.45) is 0.0994. The number of methoxy groups -OCH3 is 1. The summed E-state index contributed by atoms with van der Waals surface area (Å²) in [4.78, 5) is 138. The van der Waals surface area contributed by atoms with E-state index in [2.05, 4.69) is 21.3 Å². The molecule has 0 saturated heterocycles. The summed E-state index contributed by atoms with van der Waals surface area (Å²) >= 11 is 0. The molecule has 400 valence electrons. The second-order valence-corrected chi connectivity index (χ2v) is 19.5. The van der Waals surface area contributed by atoms with Crippen LogP contribution >= 0.6 is 0 Å². The highest BCUT2D eigenvalue weighted by Gasteiger charge is 2.43. The molecule has 71 heavy (non-hydrogen) atoms. The first-order valence-corrected chi connectivity index (χ1v) is 24.5. The van der Waals surface area contributed by atoms with Crippen molar-refractivity contribution in [3.63, 3.8) is 0 Å². The number of Topliss-reactive ketones (excluding diaryl/α,β-unsaturated/α-hetero) is 2. The van der Waals surface area contributed by atoms with Crippen LogP contribution in [0.4, 0.5) is 0 Å². The zero-order valence-corrected chi connectivity index (χ0v) is 45.2. The molecule has 0 aromatic heterocycles. The number of hydrogen-bond donors (Lipinski definition) is 5. The standard InChI is InChI=1S/C51H84N8O12/c1-18-29(6)42(34(11)60)59(16)40(62)27-53-47(66)43(30(7)19-2)71-49(68)31(8)37(20-3)56-45(64)33(10)55-50(69)51(12,13)44(63)32(9)54-46(65)38(25-35-21-23-36(70-17)24-22-35)57(14)48(67)41(28(4)5)58(15)39(61)26-52/h21-24,28-33,37-38,41-43H,18-20,25-27,52H2,1-17H3,(H,53,66)(H,54,65)(H,55,69)(H,56,64). The van der Waals surface area contributed by atoms with Crippen LogP contribution in [0.2, 0.25) is 0 Å². The van der Waals surface area contributed by atoms with Crippen LogP contribution in [0.5, 0.6) is 5.75 Å². The van der Waals surface area contributed by atoms with E-state index in [4.69, 9.17) is 15.2 Å². The fraction of sp³-hybridized carbons (Fsp3) is 0.686. The highest BCUT2D eigenvalue weighted by atomic mass is 16.5. The van der Waals surface area contributed by atoms with Gasteiger partial charge in [0, 0.05) is 39.5 Å². The fourth-order valence-electron chi connectivity index (χ4n) is 8.17. The second kappa shape index (κ2) is 28.8. The lowest BCUT2D eigenvalue weighted by molar-refractivity contribution is -0.163. The third kappa shape index (κ3) is 17.4. The molecule has 1 aromatic rings. The number of ketones is 2. The normalized spacial score (nSPS) is 15.6. The summed E-state index contributed by atoms with van der Waals surface area (Å²) in [5.74, 6) is -7.38.